The molecule has 0 unspecified atom stereocenters. The maximum atomic E-state index is 3.46. The molecule has 0 atom stereocenters. The molecule has 0 saturated carbocycles. The fraction of sp³-hybridized carbons (Fsp3) is 1.00. The molecule has 146 valence electrons. The lowest BCUT2D eigenvalue weighted by molar-refractivity contribution is 0.518. The minimum atomic E-state index is 0.979. The molecule has 2 heteroatoms. The van der Waals surface area contributed by atoms with Gasteiger partial charge in [0, 0.05) is 6.67 Å². The third kappa shape index (κ3) is 21.9. The van der Waals surface area contributed by atoms with E-state index in [1.807, 2.05) is 0 Å². The van der Waals surface area contributed by atoms with E-state index < -0.39 is 0 Å². The molecule has 0 rings (SSSR count). The summed E-state index contributed by atoms with van der Waals surface area (Å²) < 4.78 is 0. The Morgan fingerprint density at radius 2 is 0.750 bits per heavy atom. The van der Waals surface area contributed by atoms with Crippen LogP contribution in [0.25, 0.3) is 0 Å². The molecule has 0 aromatic heterocycles. The van der Waals surface area contributed by atoms with Gasteiger partial charge in [0.1, 0.15) is 0 Å². The van der Waals surface area contributed by atoms with Gasteiger partial charge in [0.2, 0.25) is 0 Å². The van der Waals surface area contributed by atoms with Gasteiger partial charge in [-0.25, -0.2) is 0 Å². The number of hydrogen-bond acceptors (Lipinski definition) is 2. The minimum absolute atomic E-state index is 0.979. The van der Waals surface area contributed by atoms with E-state index in [0.29, 0.717) is 0 Å². The van der Waals surface area contributed by atoms with Crippen molar-refractivity contribution in [1.82, 2.24) is 10.6 Å². The summed E-state index contributed by atoms with van der Waals surface area (Å²) in [7, 11) is 0. The zero-order valence-electron chi connectivity index (χ0n) is 17.1. The predicted molar refractivity (Wildman–Crippen MR) is 111 cm³/mol. The fourth-order valence-electron chi connectivity index (χ4n) is 3.24. The lowest BCUT2D eigenvalue weighted by Crippen LogP contribution is -2.30. The number of unbranched alkanes of at least 4 members (excludes halogenated alkanes) is 15. The summed E-state index contributed by atoms with van der Waals surface area (Å²) in [5.41, 5.74) is 0. The van der Waals surface area contributed by atoms with Gasteiger partial charge in [-0.15, -0.1) is 0 Å². The van der Waals surface area contributed by atoms with Crippen LogP contribution in [0.15, 0.2) is 0 Å². The molecule has 0 bridgehead atoms. The average Bonchev–Trinajstić information content (AvgIpc) is 2.60. The number of nitrogens with one attached hydrogen (secondary N) is 2. The molecule has 0 aliphatic rings. The Labute approximate surface area is 154 Å². The van der Waals surface area contributed by atoms with E-state index >= 15 is 0 Å². The zero-order chi connectivity index (χ0) is 17.6. The van der Waals surface area contributed by atoms with Crippen molar-refractivity contribution in [1.29, 1.82) is 0 Å². The van der Waals surface area contributed by atoms with Crippen molar-refractivity contribution in [3.63, 3.8) is 0 Å². The normalized spacial score (nSPS) is 11.2. The number of rotatable bonds is 21. The molecule has 0 spiro atoms. The van der Waals surface area contributed by atoms with Crippen LogP contribution in [0.5, 0.6) is 0 Å². The summed E-state index contributed by atoms with van der Waals surface area (Å²) >= 11 is 0. The van der Waals surface area contributed by atoms with E-state index in [0.717, 1.165) is 13.2 Å². The first kappa shape index (κ1) is 23.9. The quantitative estimate of drug-likeness (QED) is 0.177. The first-order valence-electron chi connectivity index (χ1n) is 11.3. The predicted octanol–water partition coefficient (Wildman–Crippen LogP) is 6.79. The molecule has 0 aromatic rings. The van der Waals surface area contributed by atoms with E-state index in [1.165, 1.54) is 116 Å². The van der Waals surface area contributed by atoms with Crippen LogP contribution in [0.1, 0.15) is 123 Å². The highest BCUT2D eigenvalue weighted by Crippen LogP contribution is 2.13. The standard InChI is InChI=1S/C22H48N2/c1-3-5-6-7-8-9-10-11-12-13-14-15-16-17-18-19-21-24-22-23-20-4-2/h23-24H,3-22H2,1-2H3. The van der Waals surface area contributed by atoms with Crippen molar-refractivity contribution in [3.05, 3.63) is 0 Å². The second-order valence-corrected chi connectivity index (χ2v) is 7.48. The highest BCUT2D eigenvalue weighted by molar-refractivity contribution is 4.51. The summed E-state index contributed by atoms with van der Waals surface area (Å²) in [6.45, 7) is 7.79. The van der Waals surface area contributed by atoms with Gasteiger partial charge in [0.25, 0.3) is 0 Å². The molecule has 2 nitrogen and oxygen atoms in total. The van der Waals surface area contributed by atoms with Crippen LogP contribution in [-0.2, 0) is 0 Å². The van der Waals surface area contributed by atoms with Gasteiger partial charge in [0.05, 0.1) is 0 Å². The van der Waals surface area contributed by atoms with Gasteiger partial charge in [-0.1, -0.05) is 110 Å². The highest BCUT2D eigenvalue weighted by Gasteiger charge is 1.94. The second kappa shape index (κ2) is 22.9. The lowest BCUT2D eigenvalue weighted by atomic mass is 10.0. The highest BCUT2D eigenvalue weighted by atomic mass is 15.0. The Morgan fingerprint density at radius 1 is 0.375 bits per heavy atom. The first-order valence-corrected chi connectivity index (χ1v) is 11.3. The molecule has 0 heterocycles. The van der Waals surface area contributed by atoms with Crippen LogP contribution < -0.4 is 10.6 Å². The molecule has 24 heavy (non-hydrogen) atoms. The second-order valence-electron chi connectivity index (χ2n) is 7.48. The van der Waals surface area contributed by atoms with E-state index in [1.54, 1.807) is 0 Å². The summed E-state index contributed by atoms with van der Waals surface area (Å²) in [6.07, 6.45) is 24.4. The van der Waals surface area contributed by atoms with Gasteiger partial charge in [-0.05, 0) is 25.9 Å². The number of hydrogen-bond donors (Lipinski definition) is 2. The summed E-state index contributed by atoms with van der Waals surface area (Å²) in [6, 6.07) is 0. The third-order valence-electron chi connectivity index (χ3n) is 4.88. The monoisotopic (exact) mass is 340 g/mol. The van der Waals surface area contributed by atoms with Crippen LogP contribution >= 0.6 is 0 Å². The molecule has 0 aromatic carbocycles. The van der Waals surface area contributed by atoms with Crippen LogP contribution in [0.2, 0.25) is 0 Å². The van der Waals surface area contributed by atoms with E-state index in [9.17, 15) is 0 Å². The van der Waals surface area contributed by atoms with Crippen molar-refractivity contribution < 1.29 is 0 Å². The summed E-state index contributed by atoms with van der Waals surface area (Å²) in [5.74, 6) is 0. The maximum Gasteiger partial charge on any atom is 0.0454 e. The summed E-state index contributed by atoms with van der Waals surface area (Å²) in [4.78, 5) is 0. The Morgan fingerprint density at radius 3 is 1.17 bits per heavy atom. The molecular weight excluding hydrogens is 292 g/mol. The Balaban J connectivity index is 2.93. The maximum absolute atomic E-state index is 3.46. The molecular formula is C22H48N2. The van der Waals surface area contributed by atoms with E-state index in [2.05, 4.69) is 24.5 Å². The molecule has 0 aliphatic carbocycles. The van der Waals surface area contributed by atoms with Gasteiger partial charge in [-0.3, -0.25) is 0 Å². The summed E-state index contributed by atoms with van der Waals surface area (Å²) in [5, 5.41) is 6.84. The Kier molecular flexibility index (Phi) is 22.8. The molecule has 2 N–H and O–H groups in total. The molecule has 0 radical (unpaired) electrons. The van der Waals surface area contributed by atoms with Gasteiger partial charge in [0.15, 0.2) is 0 Å². The minimum Gasteiger partial charge on any atom is -0.305 e. The third-order valence-corrected chi connectivity index (χ3v) is 4.88. The zero-order valence-corrected chi connectivity index (χ0v) is 17.1. The topological polar surface area (TPSA) is 24.1 Å². The molecule has 0 amide bonds. The van der Waals surface area contributed by atoms with Crippen molar-refractivity contribution in [2.75, 3.05) is 19.8 Å². The molecule has 0 saturated heterocycles. The van der Waals surface area contributed by atoms with Crippen molar-refractivity contribution in [3.8, 4) is 0 Å². The van der Waals surface area contributed by atoms with Crippen LogP contribution in [0.4, 0.5) is 0 Å². The van der Waals surface area contributed by atoms with Crippen molar-refractivity contribution >= 4 is 0 Å². The van der Waals surface area contributed by atoms with Gasteiger partial charge < -0.3 is 10.6 Å². The van der Waals surface area contributed by atoms with Crippen LogP contribution in [0, 0.1) is 0 Å². The van der Waals surface area contributed by atoms with Crippen molar-refractivity contribution in [2.24, 2.45) is 0 Å². The van der Waals surface area contributed by atoms with Gasteiger partial charge in [-0.2, -0.15) is 0 Å². The SMILES string of the molecule is CCCCCCCCCCCCCCCCCCNCNCCC. The molecule has 0 fully saturated rings. The fourth-order valence-corrected chi connectivity index (χ4v) is 3.24. The van der Waals surface area contributed by atoms with Gasteiger partial charge >= 0.3 is 0 Å². The van der Waals surface area contributed by atoms with Crippen molar-refractivity contribution in [2.45, 2.75) is 123 Å². The Bertz CT molecular complexity index is 184. The largest absolute Gasteiger partial charge is 0.305 e. The van der Waals surface area contributed by atoms with E-state index in [-0.39, 0.29) is 0 Å². The molecule has 0 aliphatic heterocycles. The first-order chi connectivity index (χ1) is 11.9. The smallest absolute Gasteiger partial charge is 0.0454 e. The van der Waals surface area contributed by atoms with Crippen LogP contribution in [0.3, 0.4) is 0 Å². The van der Waals surface area contributed by atoms with Crippen LogP contribution in [-0.4, -0.2) is 19.8 Å². The average molecular weight is 341 g/mol. The van der Waals surface area contributed by atoms with E-state index in [4.69, 9.17) is 0 Å². The Hall–Kier alpha value is -0.0800. The lowest BCUT2D eigenvalue weighted by Gasteiger charge is -2.06.